The number of nitrogen functional groups attached to an aromatic ring is 3. The fraction of sp³-hybridized carbons (Fsp3) is 0.340. The number of aryl methyl sites for hydroxylation is 1. The number of aromatic nitrogens is 11. The summed E-state index contributed by atoms with van der Waals surface area (Å²) in [4.78, 5) is 124. The highest BCUT2D eigenvalue weighted by atomic mass is 32.1. The maximum Gasteiger partial charge on any atom is 0.416 e. The lowest BCUT2D eigenvalue weighted by atomic mass is 10.0. The Bertz CT molecular complexity index is 6100. The van der Waals surface area contributed by atoms with E-state index in [1.807, 2.05) is 107 Å². The number of alkyl halides is 3. The van der Waals surface area contributed by atoms with E-state index in [9.17, 15) is 47.0 Å². The smallest absolute Gasteiger partial charge is 0.416 e. The second-order valence-electron chi connectivity index (χ2n) is 32.3. The SMILES string of the molecule is C.C.C.CN(C/C=C/C(=O)N1CC[C@@H](n2c(C(=O)O)c(-c3ccc(Oc4ccccc4)cc3)c3c(N)ncnc32)C1)C1CC1.CN(C/C=C/C(=O)N1CC[C@@H](n2cc(-c3ccc(C(=O)Nc4cc(C(F)(F)F)ccn4)cc3)c3c(N)ncnc32)C1)C1CC1.Cc1cnc(NC(=O)c2ccc(-c3cn([C@@H]4CCN(C(=O)/C=C/CN(C)C5CC5)C4)c4ncnc(N)c34)cc2)s1. The van der Waals surface area contributed by atoms with E-state index in [-0.39, 0.29) is 86.9 Å². The number of ether oxygens (including phenoxy) is 1. The van der Waals surface area contributed by atoms with E-state index in [1.165, 1.54) is 68.8 Å². The molecule has 3 saturated carbocycles. The number of carbonyl (C=O) groups excluding carboxylic acids is 5. The van der Waals surface area contributed by atoms with Gasteiger partial charge in [0.25, 0.3) is 11.8 Å². The molecular formula is C94H107F3N22O8S. The van der Waals surface area contributed by atoms with Crippen LogP contribution < -0.4 is 32.6 Å². The minimum Gasteiger partial charge on any atom is -0.477 e. The van der Waals surface area contributed by atoms with E-state index in [4.69, 9.17) is 21.9 Å². The van der Waals surface area contributed by atoms with Gasteiger partial charge in [0.05, 0.1) is 39.8 Å². The van der Waals surface area contributed by atoms with Crippen molar-refractivity contribution in [3.05, 3.63) is 223 Å². The zero-order chi connectivity index (χ0) is 87.3. The van der Waals surface area contributed by atoms with Gasteiger partial charge in [-0.3, -0.25) is 44.0 Å². The number of para-hydroxylation sites is 1. The van der Waals surface area contributed by atoms with E-state index in [2.05, 4.69) is 90.9 Å². The van der Waals surface area contributed by atoms with Crippen molar-refractivity contribution in [1.29, 1.82) is 0 Å². The van der Waals surface area contributed by atoms with Crippen molar-refractivity contribution < 1.29 is 51.8 Å². The number of nitrogens with one attached hydrogen (secondary N) is 2. The van der Waals surface area contributed by atoms with E-state index in [1.54, 1.807) is 82.4 Å². The number of likely N-dealkylation sites (tertiary alicyclic amines) is 3. The lowest BCUT2D eigenvalue weighted by Gasteiger charge is -2.18. The van der Waals surface area contributed by atoms with Gasteiger partial charge in [-0.25, -0.2) is 44.7 Å². The Labute approximate surface area is 744 Å². The van der Waals surface area contributed by atoms with Gasteiger partial charge in [-0.2, -0.15) is 13.2 Å². The third-order valence-corrected chi connectivity index (χ3v) is 24.4. The average Bonchev–Trinajstić information content (AvgIpc) is 1.58. The number of carbonyl (C=O) groups is 6. The number of hydrogen-bond donors (Lipinski definition) is 6. The first-order chi connectivity index (χ1) is 60.3. The normalized spacial score (nSPS) is 16.8. The number of aromatic carboxylic acids is 1. The van der Waals surface area contributed by atoms with Crippen LogP contribution >= 0.6 is 11.3 Å². The van der Waals surface area contributed by atoms with Crippen LogP contribution in [-0.4, -0.2) is 222 Å². The molecule has 0 bridgehead atoms. The van der Waals surface area contributed by atoms with Crippen LogP contribution in [0.1, 0.15) is 140 Å². The highest BCUT2D eigenvalue weighted by Crippen LogP contribution is 2.44. The Kier molecular flexibility index (Phi) is 28.8. The van der Waals surface area contributed by atoms with Crippen LogP contribution in [0, 0.1) is 6.92 Å². The van der Waals surface area contributed by atoms with Gasteiger partial charge in [-0.05, 0) is 163 Å². The van der Waals surface area contributed by atoms with Gasteiger partial charge < -0.3 is 60.8 Å². The standard InChI is InChI=1S/C31H31F3N8O2.C31H32N6O4.C29H32N8O2S.3CH4/c1-40(22-8-9-22)13-2-3-26(43)41-14-11-23(16-41)42-17-24(27-28(35)37-18-38-29(27)42)19-4-6-20(7-5-19)30(44)39-25-15-21(10-12-36-25)31(32,33)34;1-35(21-11-12-21)16-5-8-25(38)36-17-15-22(18-36)37-28(31(39)40)26(27-29(32)33-19-34-30(27)37)20-9-13-24(14-10-20)41-23-6-3-2-4-7-23;1-18-14-31-29(40-18)34-28(39)20-7-5-19(6-8-20)23-16-37(27-25(23)26(30)32-17-33-27)22-11-13-36(15-22)24(38)4-3-12-35(2)21-9-10-21;;;/h2-7,10,12,15,17-18,22-23H,8-9,11,13-14,16H2,1H3,(H2,35,37,38)(H,36,39,44);2-10,13-14,19,21-22H,11-12,15-18H2,1H3,(H,39,40)(H2,32,33,34);3-8,14,16-17,21-22H,9-13,15H2,1-2H3,(H2,30,32,33)(H,31,34,39);3*1H4/b3-2+;8-5+;4-3+;;;/t23-;2*22-;;;/m111.../s1. The third-order valence-electron chi connectivity index (χ3n) is 23.6. The van der Waals surface area contributed by atoms with Crippen LogP contribution in [0.3, 0.4) is 0 Å². The molecule has 6 aliphatic rings. The van der Waals surface area contributed by atoms with Crippen LogP contribution in [0.4, 0.5) is 41.6 Å². The highest BCUT2D eigenvalue weighted by molar-refractivity contribution is 7.15. The summed E-state index contributed by atoms with van der Waals surface area (Å²) in [5, 5.41) is 18.2. The van der Waals surface area contributed by atoms with Gasteiger partial charge in [0, 0.05) is 153 Å². The molecule has 0 spiro atoms. The first-order valence-corrected chi connectivity index (χ1v) is 42.4. The number of hydrogen-bond acceptors (Lipinski definition) is 22. The second-order valence-corrected chi connectivity index (χ2v) is 33.5. The number of carboxylic acid groups (broad SMARTS) is 1. The van der Waals surface area contributed by atoms with Crippen molar-refractivity contribution in [3.63, 3.8) is 0 Å². The molecule has 3 atom stereocenters. The Morgan fingerprint density at radius 1 is 0.516 bits per heavy atom. The van der Waals surface area contributed by atoms with Crippen molar-refractivity contribution in [2.45, 2.75) is 129 Å². The Balaban J connectivity index is 0.000000162. The molecule has 0 unspecified atom stereocenters. The third kappa shape index (κ3) is 21.1. The van der Waals surface area contributed by atoms with Crippen LogP contribution in [0.25, 0.3) is 66.5 Å². The molecule has 30 nitrogen and oxygen atoms in total. The van der Waals surface area contributed by atoms with Gasteiger partial charge in [0.2, 0.25) is 17.7 Å². The molecule has 11 heterocycles. The van der Waals surface area contributed by atoms with Crippen LogP contribution in [0.2, 0.25) is 0 Å². The number of likely N-dealkylation sites (N-methyl/N-ethyl adjacent to an activating group) is 3. The number of amides is 5. The summed E-state index contributed by atoms with van der Waals surface area (Å²) in [5.74, 6) is 0.0450. The van der Waals surface area contributed by atoms with Crippen molar-refractivity contribution in [3.8, 4) is 44.9 Å². The number of benzene rings is 4. The maximum atomic E-state index is 13.0. The van der Waals surface area contributed by atoms with Crippen molar-refractivity contribution >= 4 is 108 Å². The summed E-state index contributed by atoms with van der Waals surface area (Å²) in [5.41, 5.74) is 25.1. The number of nitrogens with two attached hydrogens (primary N) is 3. The number of pyridine rings is 1. The Morgan fingerprint density at radius 3 is 1.38 bits per heavy atom. The zero-order valence-corrected chi connectivity index (χ0v) is 70.2. The largest absolute Gasteiger partial charge is 0.477 e. The van der Waals surface area contributed by atoms with E-state index in [0.717, 1.165) is 89.0 Å². The minimum atomic E-state index is -4.55. The summed E-state index contributed by atoms with van der Waals surface area (Å²) in [6, 6.07) is 33.9. The van der Waals surface area contributed by atoms with E-state index >= 15 is 0 Å². The number of carboxylic acids is 1. The molecule has 128 heavy (non-hydrogen) atoms. The maximum absolute atomic E-state index is 13.0. The summed E-state index contributed by atoms with van der Waals surface area (Å²) in [6.07, 6.45) is 26.7. The summed E-state index contributed by atoms with van der Waals surface area (Å²) in [6.45, 7) is 7.54. The van der Waals surface area contributed by atoms with Gasteiger partial charge >= 0.3 is 12.1 Å². The molecule has 34 heteroatoms. The number of nitrogens with zero attached hydrogens (tertiary/aromatic N) is 17. The summed E-state index contributed by atoms with van der Waals surface area (Å²) in [7, 11) is 6.24. The molecule has 668 valence electrons. The van der Waals surface area contributed by atoms with Gasteiger partial charge in [-0.1, -0.05) is 95.1 Å². The average molecular weight is 1760 g/mol. The molecule has 3 saturated heterocycles. The van der Waals surface area contributed by atoms with Gasteiger partial charge in [0.15, 0.2) is 5.13 Å². The zero-order valence-electron chi connectivity index (χ0n) is 69.3. The van der Waals surface area contributed by atoms with Crippen molar-refractivity contribution in [2.24, 2.45) is 0 Å². The van der Waals surface area contributed by atoms with Crippen LogP contribution in [0.15, 0.2) is 195 Å². The monoisotopic (exact) mass is 1760 g/mol. The Hall–Kier alpha value is -13.6. The highest BCUT2D eigenvalue weighted by Gasteiger charge is 2.38. The van der Waals surface area contributed by atoms with Gasteiger partial charge in [-0.15, -0.1) is 11.3 Å². The minimum absolute atomic E-state index is 0. The first-order valence-electron chi connectivity index (χ1n) is 41.6. The number of halogens is 3. The predicted octanol–water partition coefficient (Wildman–Crippen LogP) is 15.4. The molecule has 4 aromatic carbocycles. The number of anilines is 5. The quantitative estimate of drug-likeness (QED) is 0.0289. The van der Waals surface area contributed by atoms with Crippen molar-refractivity contribution in [1.82, 2.24) is 83.0 Å². The fourth-order valence-corrected chi connectivity index (χ4v) is 17.0. The van der Waals surface area contributed by atoms with E-state index < -0.39 is 23.6 Å². The lowest BCUT2D eigenvalue weighted by Crippen LogP contribution is -2.28. The molecule has 5 amide bonds. The topological polar surface area (TPSA) is 371 Å². The molecule has 12 aromatic rings. The molecule has 3 aliphatic carbocycles. The number of fused-ring (bicyclic) bond motifs is 3. The molecular weight excluding hydrogens is 1650 g/mol. The predicted molar refractivity (Wildman–Crippen MR) is 493 cm³/mol. The fourth-order valence-electron chi connectivity index (χ4n) is 16.3. The Morgan fingerprint density at radius 2 is 0.938 bits per heavy atom. The number of thiazole rings is 1. The molecule has 0 radical (unpaired) electrons. The lowest BCUT2D eigenvalue weighted by molar-refractivity contribution is -0.137. The van der Waals surface area contributed by atoms with Crippen LogP contribution in [-0.2, 0) is 20.6 Å². The summed E-state index contributed by atoms with van der Waals surface area (Å²) < 4.78 is 50.9. The summed E-state index contributed by atoms with van der Waals surface area (Å²) >= 11 is 1.43. The number of rotatable bonds is 25. The van der Waals surface area contributed by atoms with Crippen LogP contribution in [0.5, 0.6) is 11.5 Å². The van der Waals surface area contributed by atoms with Crippen molar-refractivity contribution in [2.75, 3.05) is 108 Å². The molecule has 6 fully saturated rings. The van der Waals surface area contributed by atoms with E-state index in [0.29, 0.717) is 131 Å². The molecule has 3 aliphatic heterocycles. The molecule has 8 aromatic heterocycles. The first kappa shape index (κ1) is 92.1. The molecule has 9 N–H and O–H groups in total. The molecule has 18 rings (SSSR count). The second kappa shape index (κ2) is 40.0. The van der Waals surface area contributed by atoms with Gasteiger partial charge in [0.1, 0.15) is 76.4 Å².